The molecule has 1 aromatic carbocycles. The fourth-order valence-electron chi connectivity index (χ4n) is 1.34. The molecule has 3 nitrogen and oxygen atoms in total. The number of hydrogen-bond acceptors (Lipinski definition) is 4. The molecular formula is C13H9ClN2OS. The van der Waals surface area contributed by atoms with Gasteiger partial charge < -0.3 is 0 Å². The number of benzene rings is 1. The average molecular weight is 277 g/mol. The number of aromatic nitrogens is 2. The quantitative estimate of drug-likeness (QED) is 0.634. The molecule has 0 aliphatic carbocycles. The lowest BCUT2D eigenvalue weighted by molar-refractivity contribution is 0.112. The molecule has 18 heavy (non-hydrogen) atoms. The largest absolute Gasteiger partial charge is 0.296 e. The van der Waals surface area contributed by atoms with E-state index in [-0.39, 0.29) is 0 Å². The average Bonchev–Trinajstić information content (AvgIpc) is 2.86. The van der Waals surface area contributed by atoms with Crippen molar-refractivity contribution in [3.8, 4) is 0 Å². The summed E-state index contributed by atoms with van der Waals surface area (Å²) in [5.41, 5.74) is 1.46. The van der Waals surface area contributed by atoms with E-state index in [0.29, 0.717) is 16.3 Å². The van der Waals surface area contributed by atoms with Crippen molar-refractivity contribution in [1.82, 2.24) is 9.36 Å². The first kappa shape index (κ1) is 12.7. The molecular weight excluding hydrogens is 268 g/mol. The summed E-state index contributed by atoms with van der Waals surface area (Å²) in [4.78, 5) is 14.1. The highest BCUT2D eigenvalue weighted by molar-refractivity contribution is 7.10. The van der Waals surface area contributed by atoms with Crippen molar-refractivity contribution >= 4 is 40.3 Å². The Hall–Kier alpha value is -1.78. The van der Waals surface area contributed by atoms with Crippen molar-refractivity contribution in [1.29, 1.82) is 0 Å². The van der Waals surface area contributed by atoms with Gasteiger partial charge in [0.05, 0.1) is 5.52 Å². The van der Waals surface area contributed by atoms with Crippen LogP contribution in [0.5, 0.6) is 0 Å². The number of pyridine rings is 1. The molecule has 90 valence electrons. The number of para-hydroxylation sites is 1. The van der Waals surface area contributed by atoms with E-state index in [1.54, 1.807) is 0 Å². The SMILES string of the molecule is O=Cc1cc(Cl)sn1.c1ccc2ncccc2c1. The Kier molecular flexibility index (Phi) is 4.39. The van der Waals surface area contributed by atoms with Crippen molar-refractivity contribution in [3.05, 3.63) is 58.7 Å². The molecule has 2 heterocycles. The summed E-state index contributed by atoms with van der Waals surface area (Å²) in [7, 11) is 0. The van der Waals surface area contributed by atoms with E-state index in [9.17, 15) is 4.79 Å². The zero-order valence-electron chi connectivity index (χ0n) is 9.29. The molecule has 0 saturated carbocycles. The number of rotatable bonds is 1. The summed E-state index contributed by atoms with van der Waals surface area (Å²) in [5, 5.41) is 1.20. The molecule has 0 unspecified atom stereocenters. The Balaban J connectivity index is 0.000000138. The van der Waals surface area contributed by atoms with Crippen LogP contribution in [-0.2, 0) is 0 Å². The molecule has 5 heteroatoms. The van der Waals surface area contributed by atoms with Gasteiger partial charge >= 0.3 is 0 Å². The molecule has 0 bridgehead atoms. The van der Waals surface area contributed by atoms with Crippen LogP contribution in [0.2, 0.25) is 4.34 Å². The number of carbonyl (C=O) groups is 1. The standard InChI is InChI=1S/C9H7N.C4H2ClNOS/c1-2-6-9-8(4-1)5-3-7-10-9;5-4-1-3(2-7)6-8-4/h1-7H;1-2H. The van der Waals surface area contributed by atoms with E-state index in [1.807, 2.05) is 30.5 Å². The minimum absolute atomic E-state index is 0.403. The van der Waals surface area contributed by atoms with Crippen LogP contribution >= 0.6 is 23.1 Å². The molecule has 0 aliphatic rings. The number of halogens is 1. The van der Waals surface area contributed by atoms with Gasteiger partial charge in [-0.05, 0) is 29.7 Å². The predicted octanol–water partition coefficient (Wildman–Crippen LogP) is 3.84. The summed E-state index contributed by atoms with van der Waals surface area (Å²) in [5.74, 6) is 0. The molecule has 0 fully saturated rings. The van der Waals surface area contributed by atoms with E-state index in [4.69, 9.17) is 11.6 Å². The van der Waals surface area contributed by atoms with Crippen LogP contribution in [0.1, 0.15) is 10.5 Å². The molecule has 0 spiro atoms. The van der Waals surface area contributed by atoms with Gasteiger partial charge in [0.2, 0.25) is 0 Å². The lowest BCUT2D eigenvalue weighted by Crippen LogP contribution is -1.73. The Bertz CT molecular complexity index is 589. The van der Waals surface area contributed by atoms with Gasteiger partial charge in [-0.3, -0.25) is 9.78 Å². The van der Waals surface area contributed by atoms with Crippen molar-refractivity contribution < 1.29 is 4.79 Å². The van der Waals surface area contributed by atoms with Crippen LogP contribution in [0, 0.1) is 0 Å². The van der Waals surface area contributed by atoms with E-state index >= 15 is 0 Å². The topological polar surface area (TPSA) is 42.9 Å². The monoisotopic (exact) mass is 276 g/mol. The first-order valence-corrected chi connectivity index (χ1v) is 6.32. The maximum Gasteiger partial charge on any atom is 0.169 e. The Morgan fingerprint density at radius 1 is 1.17 bits per heavy atom. The molecule has 3 aromatic rings. The highest BCUT2D eigenvalue weighted by atomic mass is 35.5. The van der Waals surface area contributed by atoms with Crippen LogP contribution < -0.4 is 0 Å². The van der Waals surface area contributed by atoms with Crippen LogP contribution in [0.15, 0.2) is 48.7 Å². The molecule has 0 atom stereocenters. The Morgan fingerprint density at radius 2 is 1.94 bits per heavy atom. The summed E-state index contributed by atoms with van der Waals surface area (Å²) < 4.78 is 4.22. The van der Waals surface area contributed by atoms with E-state index < -0.39 is 0 Å². The van der Waals surface area contributed by atoms with Gasteiger partial charge in [0.15, 0.2) is 6.29 Å². The van der Waals surface area contributed by atoms with Gasteiger partial charge in [0, 0.05) is 11.6 Å². The van der Waals surface area contributed by atoms with Crippen molar-refractivity contribution in [2.45, 2.75) is 0 Å². The third-order valence-electron chi connectivity index (χ3n) is 2.13. The molecule has 0 aliphatic heterocycles. The maximum absolute atomic E-state index is 9.91. The second kappa shape index (κ2) is 6.23. The first-order chi connectivity index (χ1) is 8.79. The number of fused-ring (bicyclic) bond motifs is 1. The fraction of sp³-hybridized carbons (Fsp3) is 0. The molecule has 2 aromatic heterocycles. The Labute approximate surface area is 113 Å². The third kappa shape index (κ3) is 3.35. The van der Waals surface area contributed by atoms with Crippen molar-refractivity contribution in [3.63, 3.8) is 0 Å². The van der Waals surface area contributed by atoms with E-state index in [2.05, 4.69) is 21.5 Å². The van der Waals surface area contributed by atoms with Gasteiger partial charge in [-0.25, -0.2) is 0 Å². The second-order valence-corrected chi connectivity index (χ2v) is 4.81. The van der Waals surface area contributed by atoms with Gasteiger partial charge in [-0.15, -0.1) is 0 Å². The van der Waals surface area contributed by atoms with Gasteiger partial charge in [0.1, 0.15) is 10.0 Å². The van der Waals surface area contributed by atoms with Gasteiger partial charge in [-0.1, -0.05) is 35.9 Å². The number of aldehydes is 1. The molecule has 0 amide bonds. The molecule has 0 N–H and O–H groups in total. The first-order valence-electron chi connectivity index (χ1n) is 5.17. The summed E-state index contributed by atoms with van der Waals surface area (Å²) in [6.45, 7) is 0. The smallest absolute Gasteiger partial charge is 0.169 e. The number of nitrogens with zero attached hydrogens (tertiary/aromatic N) is 2. The Morgan fingerprint density at radius 3 is 2.56 bits per heavy atom. The van der Waals surface area contributed by atoms with Gasteiger partial charge in [0.25, 0.3) is 0 Å². The normalized spacial score (nSPS) is 9.61. The lowest BCUT2D eigenvalue weighted by Gasteiger charge is -1.91. The van der Waals surface area contributed by atoms with Gasteiger partial charge in [-0.2, -0.15) is 4.37 Å². The zero-order chi connectivity index (χ0) is 12.8. The van der Waals surface area contributed by atoms with Crippen LogP contribution in [0.4, 0.5) is 0 Å². The van der Waals surface area contributed by atoms with Crippen molar-refractivity contribution in [2.24, 2.45) is 0 Å². The van der Waals surface area contributed by atoms with E-state index in [0.717, 1.165) is 17.0 Å². The number of carbonyl (C=O) groups excluding carboxylic acids is 1. The summed E-state index contributed by atoms with van der Waals surface area (Å²) >= 11 is 6.55. The van der Waals surface area contributed by atoms with Crippen LogP contribution in [0.3, 0.4) is 0 Å². The predicted molar refractivity (Wildman–Crippen MR) is 74.3 cm³/mol. The lowest BCUT2D eigenvalue weighted by atomic mass is 10.2. The number of hydrogen-bond donors (Lipinski definition) is 0. The summed E-state index contributed by atoms with van der Waals surface area (Å²) in [6.07, 6.45) is 2.48. The zero-order valence-corrected chi connectivity index (χ0v) is 10.9. The van der Waals surface area contributed by atoms with Crippen LogP contribution in [0.25, 0.3) is 10.9 Å². The second-order valence-electron chi connectivity index (χ2n) is 3.37. The van der Waals surface area contributed by atoms with Crippen molar-refractivity contribution in [2.75, 3.05) is 0 Å². The highest BCUT2D eigenvalue weighted by Gasteiger charge is 1.94. The van der Waals surface area contributed by atoms with E-state index in [1.165, 1.54) is 11.5 Å². The minimum Gasteiger partial charge on any atom is -0.296 e. The highest BCUT2D eigenvalue weighted by Crippen LogP contribution is 2.13. The minimum atomic E-state index is 0.403. The maximum atomic E-state index is 9.91. The van der Waals surface area contributed by atoms with Crippen LogP contribution in [-0.4, -0.2) is 15.6 Å². The molecule has 0 saturated heterocycles. The molecule has 0 radical (unpaired) electrons. The third-order valence-corrected chi connectivity index (χ3v) is 3.04. The fourth-order valence-corrected chi connectivity index (χ4v) is 2.01. The molecule has 3 rings (SSSR count). The summed E-state index contributed by atoms with van der Waals surface area (Å²) in [6, 6.07) is 13.6.